The summed E-state index contributed by atoms with van der Waals surface area (Å²) in [5.74, 6) is 1.08. The lowest BCUT2D eigenvalue weighted by molar-refractivity contribution is -0.113. The summed E-state index contributed by atoms with van der Waals surface area (Å²) >= 11 is 3.11. The molecule has 174 valence electrons. The molecule has 1 saturated heterocycles. The summed E-state index contributed by atoms with van der Waals surface area (Å²) in [6.45, 7) is 4.27. The van der Waals surface area contributed by atoms with Crippen molar-refractivity contribution in [1.82, 2.24) is 14.8 Å². The topological polar surface area (TPSA) is 63.1 Å². The summed E-state index contributed by atoms with van der Waals surface area (Å²) in [5, 5.41) is 14.7. The number of aromatic nitrogens is 3. The molecule has 0 radical (unpaired) electrons. The average molecular weight is 490 g/mol. The van der Waals surface area contributed by atoms with Gasteiger partial charge in [0.25, 0.3) is 0 Å². The standard InChI is InChI=1S/C26H27N5OS2/c1-19-16-21(30-13-5-6-14-30)11-12-23(19)27-25(32)18-34-26-29-28-24(17-22-10-7-15-33-22)31(26)20-8-3-2-4-9-20/h2-4,7-12,15-16H,5-6,13-14,17-18H2,1H3,(H,27,32). The molecule has 0 bridgehead atoms. The maximum absolute atomic E-state index is 12.8. The molecule has 1 fully saturated rings. The number of thiophene rings is 1. The van der Waals surface area contributed by atoms with Gasteiger partial charge in [-0.1, -0.05) is 36.0 Å². The second-order valence-electron chi connectivity index (χ2n) is 8.36. The first-order valence-electron chi connectivity index (χ1n) is 11.5. The van der Waals surface area contributed by atoms with Gasteiger partial charge in [0.1, 0.15) is 5.82 Å². The molecule has 8 heteroatoms. The molecule has 3 heterocycles. The summed E-state index contributed by atoms with van der Waals surface area (Å²) in [6, 6.07) is 20.5. The van der Waals surface area contributed by atoms with E-state index in [0.717, 1.165) is 35.9 Å². The van der Waals surface area contributed by atoms with E-state index in [2.05, 4.69) is 44.0 Å². The zero-order chi connectivity index (χ0) is 23.3. The van der Waals surface area contributed by atoms with Gasteiger partial charge in [-0.05, 0) is 67.1 Å². The summed E-state index contributed by atoms with van der Waals surface area (Å²) in [6.07, 6.45) is 3.20. The molecule has 2 aromatic heterocycles. The number of rotatable bonds is 8. The average Bonchev–Trinajstić information content (AvgIpc) is 3.63. The van der Waals surface area contributed by atoms with Crippen LogP contribution in [-0.2, 0) is 11.2 Å². The lowest BCUT2D eigenvalue weighted by Crippen LogP contribution is -2.18. The van der Waals surface area contributed by atoms with Crippen LogP contribution in [0.3, 0.4) is 0 Å². The molecule has 0 saturated carbocycles. The first kappa shape index (κ1) is 22.7. The molecular formula is C26H27N5OS2. The van der Waals surface area contributed by atoms with E-state index in [1.807, 2.05) is 54.0 Å². The number of carbonyl (C=O) groups excluding carboxylic acids is 1. The Balaban J connectivity index is 1.28. The highest BCUT2D eigenvalue weighted by Gasteiger charge is 2.17. The van der Waals surface area contributed by atoms with Crippen molar-refractivity contribution in [3.8, 4) is 5.69 Å². The Bertz CT molecular complexity index is 1250. The normalized spacial score (nSPS) is 13.4. The molecule has 1 aliphatic rings. The fraction of sp³-hybridized carbons (Fsp3) is 0.269. The van der Waals surface area contributed by atoms with Crippen molar-refractivity contribution in [1.29, 1.82) is 0 Å². The molecule has 6 nitrogen and oxygen atoms in total. The molecule has 0 aliphatic carbocycles. The second kappa shape index (κ2) is 10.4. The van der Waals surface area contributed by atoms with Crippen molar-refractivity contribution >= 4 is 40.4 Å². The monoisotopic (exact) mass is 489 g/mol. The van der Waals surface area contributed by atoms with Gasteiger partial charge in [-0.25, -0.2) is 0 Å². The highest BCUT2D eigenvalue weighted by Crippen LogP contribution is 2.27. The lowest BCUT2D eigenvalue weighted by Gasteiger charge is -2.19. The molecule has 34 heavy (non-hydrogen) atoms. The minimum Gasteiger partial charge on any atom is -0.372 e. The molecule has 1 amide bonds. The largest absolute Gasteiger partial charge is 0.372 e. The first-order valence-corrected chi connectivity index (χ1v) is 13.3. The number of hydrogen-bond donors (Lipinski definition) is 1. The second-order valence-corrected chi connectivity index (χ2v) is 10.3. The van der Waals surface area contributed by atoms with Crippen LogP contribution >= 0.6 is 23.1 Å². The van der Waals surface area contributed by atoms with Crippen LogP contribution in [0.4, 0.5) is 11.4 Å². The van der Waals surface area contributed by atoms with Crippen molar-refractivity contribution in [3.63, 3.8) is 0 Å². The highest BCUT2D eigenvalue weighted by atomic mass is 32.2. The molecule has 0 atom stereocenters. The number of benzene rings is 2. The summed E-state index contributed by atoms with van der Waals surface area (Å²) in [5.41, 5.74) is 4.16. The van der Waals surface area contributed by atoms with Gasteiger partial charge in [0.2, 0.25) is 5.91 Å². The smallest absolute Gasteiger partial charge is 0.234 e. The molecule has 4 aromatic rings. The van der Waals surface area contributed by atoms with E-state index in [4.69, 9.17) is 0 Å². The van der Waals surface area contributed by atoms with Gasteiger partial charge < -0.3 is 10.2 Å². The fourth-order valence-corrected chi connectivity index (χ4v) is 5.66. The SMILES string of the molecule is Cc1cc(N2CCCC2)ccc1NC(=O)CSc1nnc(Cc2cccs2)n1-c1ccccc1. The Morgan fingerprint density at radius 1 is 1.03 bits per heavy atom. The Hall–Kier alpha value is -3.10. The van der Waals surface area contributed by atoms with Gasteiger partial charge in [-0.2, -0.15) is 0 Å². The number of hydrogen-bond acceptors (Lipinski definition) is 6. The minimum atomic E-state index is -0.0514. The van der Waals surface area contributed by atoms with E-state index < -0.39 is 0 Å². The van der Waals surface area contributed by atoms with Crippen molar-refractivity contribution < 1.29 is 4.79 Å². The van der Waals surface area contributed by atoms with Crippen molar-refractivity contribution in [2.45, 2.75) is 31.3 Å². The van der Waals surface area contributed by atoms with Crippen LogP contribution in [0.2, 0.25) is 0 Å². The van der Waals surface area contributed by atoms with E-state index in [-0.39, 0.29) is 11.7 Å². The maximum Gasteiger partial charge on any atom is 0.234 e. The highest BCUT2D eigenvalue weighted by molar-refractivity contribution is 7.99. The van der Waals surface area contributed by atoms with Gasteiger partial charge in [0.15, 0.2) is 5.16 Å². The molecule has 0 spiro atoms. The summed E-state index contributed by atoms with van der Waals surface area (Å²) in [4.78, 5) is 16.4. The van der Waals surface area contributed by atoms with Gasteiger partial charge in [-0.3, -0.25) is 9.36 Å². The van der Waals surface area contributed by atoms with Gasteiger partial charge in [0.05, 0.1) is 5.75 Å². The van der Waals surface area contributed by atoms with Crippen LogP contribution in [-0.4, -0.2) is 39.5 Å². The number of nitrogens with one attached hydrogen (secondary N) is 1. The molecule has 2 aromatic carbocycles. The Labute approximate surface area is 208 Å². The predicted molar refractivity (Wildman–Crippen MR) is 140 cm³/mol. The third-order valence-electron chi connectivity index (χ3n) is 5.91. The van der Waals surface area contributed by atoms with Crippen LogP contribution in [0, 0.1) is 6.92 Å². The van der Waals surface area contributed by atoms with Gasteiger partial charge in [0, 0.05) is 41.4 Å². The molecule has 1 aliphatic heterocycles. The Morgan fingerprint density at radius 2 is 1.85 bits per heavy atom. The minimum absolute atomic E-state index is 0.0514. The van der Waals surface area contributed by atoms with E-state index in [1.54, 1.807) is 11.3 Å². The van der Waals surface area contributed by atoms with Crippen LogP contribution in [0.1, 0.15) is 29.1 Å². The number of para-hydroxylation sites is 1. The fourth-order valence-electron chi connectivity index (χ4n) is 4.19. The quantitative estimate of drug-likeness (QED) is 0.328. The van der Waals surface area contributed by atoms with E-state index >= 15 is 0 Å². The van der Waals surface area contributed by atoms with Crippen LogP contribution < -0.4 is 10.2 Å². The third kappa shape index (κ3) is 5.18. The maximum atomic E-state index is 12.8. The number of thioether (sulfide) groups is 1. The van der Waals surface area contributed by atoms with Crippen molar-refractivity contribution in [2.75, 3.05) is 29.1 Å². The zero-order valence-electron chi connectivity index (χ0n) is 19.1. The number of carbonyl (C=O) groups is 1. The Morgan fingerprint density at radius 3 is 2.59 bits per heavy atom. The Kier molecular flexibility index (Phi) is 6.97. The van der Waals surface area contributed by atoms with E-state index in [1.165, 1.54) is 35.2 Å². The van der Waals surface area contributed by atoms with Crippen molar-refractivity contribution in [2.24, 2.45) is 0 Å². The lowest BCUT2D eigenvalue weighted by atomic mass is 10.1. The number of anilines is 2. The zero-order valence-corrected chi connectivity index (χ0v) is 20.7. The summed E-state index contributed by atoms with van der Waals surface area (Å²) in [7, 11) is 0. The third-order valence-corrected chi connectivity index (χ3v) is 7.72. The van der Waals surface area contributed by atoms with Crippen LogP contribution in [0.25, 0.3) is 5.69 Å². The van der Waals surface area contributed by atoms with Gasteiger partial charge in [-0.15, -0.1) is 21.5 Å². The van der Waals surface area contributed by atoms with E-state index in [0.29, 0.717) is 11.6 Å². The molecule has 1 N–H and O–H groups in total. The predicted octanol–water partition coefficient (Wildman–Crippen LogP) is 5.56. The number of amides is 1. The van der Waals surface area contributed by atoms with Crippen LogP contribution in [0.5, 0.6) is 0 Å². The molecule has 5 rings (SSSR count). The van der Waals surface area contributed by atoms with Crippen LogP contribution in [0.15, 0.2) is 71.2 Å². The van der Waals surface area contributed by atoms with Crippen molar-refractivity contribution in [3.05, 3.63) is 82.3 Å². The van der Waals surface area contributed by atoms with E-state index in [9.17, 15) is 4.79 Å². The number of nitrogens with zero attached hydrogens (tertiary/aromatic N) is 4. The first-order chi connectivity index (χ1) is 16.7. The number of aryl methyl sites for hydroxylation is 1. The van der Waals surface area contributed by atoms with Gasteiger partial charge >= 0.3 is 0 Å². The molecule has 0 unspecified atom stereocenters. The molecular weight excluding hydrogens is 462 g/mol. The summed E-state index contributed by atoms with van der Waals surface area (Å²) < 4.78 is 2.05.